The van der Waals surface area contributed by atoms with Gasteiger partial charge in [0.2, 0.25) is 5.91 Å². The maximum Gasteiger partial charge on any atom is 0.321 e. The first kappa shape index (κ1) is 20.5. The Morgan fingerprint density at radius 2 is 2.00 bits per heavy atom. The lowest BCUT2D eigenvalue weighted by Gasteiger charge is -2.33. The van der Waals surface area contributed by atoms with Crippen LogP contribution in [0.1, 0.15) is 30.4 Å². The van der Waals surface area contributed by atoms with E-state index in [1.165, 1.54) is 11.1 Å². The van der Waals surface area contributed by atoms with E-state index in [2.05, 4.69) is 21.6 Å². The van der Waals surface area contributed by atoms with E-state index in [0.29, 0.717) is 12.5 Å². The van der Waals surface area contributed by atoms with Crippen LogP contribution in [0.15, 0.2) is 12.1 Å². The molecule has 1 saturated heterocycles. The molecule has 1 aromatic carbocycles. The summed E-state index contributed by atoms with van der Waals surface area (Å²) in [5, 5.41) is 5.76. The van der Waals surface area contributed by atoms with Crippen molar-refractivity contribution in [1.82, 2.24) is 15.1 Å². The standard InChI is InChI=1S/C21H32N4O3/c1-22-19(26)14-25-11-9-15(10-12-25)13-24(2)21(27)23-20-17-6-4-5-16(17)7-8-18(20)28-3/h7-8,15H,4-6,9-14H2,1-3H3,(H,22,26)(H,23,27). The normalized spacial score (nSPS) is 17.1. The molecule has 0 radical (unpaired) electrons. The van der Waals surface area contributed by atoms with E-state index in [1.54, 1.807) is 19.1 Å². The van der Waals surface area contributed by atoms with E-state index in [9.17, 15) is 9.59 Å². The first-order valence-electron chi connectivity index (χ1n) is 10.2. The Hall–Kier alpha value is -2.28. The quantitative estimate of drug-likeness (QED) is 0.783. The molecule has 2 N–H and O–H groups in total. The Morgan fingerprint density at radius 1 is 1.25 bits per heavy atom. The number of fused-ring (bicyclic) bond motifs is 1. The van der Waals surface area contributed by atoms with Gasteiger partial charge in [-0.05, 0) is 68.3 Å². The van der Waals surface area contributed by atoms with Gasteiger partial charge in [0.15, 0.2) is 0 Å². The van der Waals surface area contributed by atoms with E-state index in [1.807, 2.05) is 13.1 Å². The Bertz CT molecular complexity index is 714. The number of hydrogen-bond acceptors (Lipinski definition) is 4. The van der Waals surface area contributed by atoms with Gasteiger partial charge in [-0.1, -0.05) is 6.07 Å². The number of anilines is 1. The molecule has 0 saturated carbocycles. The highest BCUT2D eigenvalue weighted by Gasteiger charge is 2.25. The van der Waals surface area contributed by atoms with Crippen LogP contribution in [0.5, 0.6) is 5.75 Å². The molecule has 1 aromatic rings. The minimum Gasteiger partial charge on any atom is -0.495 e. The predicted molar refractivity (Wildman–Crippen MR) is 110 cm³/mol. The summed E-state index contributed by atoms with van der Waals surface area (Å²) >= 11 is 0. The molecule has 1 fully saturated rings. The minimum absolute atomic E-state index is 0.0549. The number of carbonyl (C=O) groups excluding carboxylic acids is 2. The van der Waals surface area contributed by atoms with E-state index >= 15 is 0 Å². The number of likely N-dealkylation sites (N-methyl/N-ethyl adjacent to an activating group) is 1. The van der Waals surface area contributed by atoms with Gasteiger partial charge in [-0.15, -0.1) is 0 Å². The second-order valence-electron chi connectivity index (χ2n) is 7.84. The van der Waals surface area contributed by atoms with Gasteiger partial charge in [0.1, 0.15) is 5.75 Å². The zero-order valence-electron chi connectivity index (χ0n) is 17.2. The monoisotopic (exact) mass is 388 g/mol. The fraction of sp³-hybridized carbons (Fsp3) is 0.619. The van der Waals surface area contributed by atoms with Crippen molar-refractivity contribution in [3.63, 3.8) is 0 Å². The number of benzene rings is 1. The molecule has 0 atom stereocenters. The van der Waals surface area contributed by atoms with Gasteiger partial charge in [0.05, 0.1) is 19.3 Å². The van der Waals surface area contributed by atoms with Crippen LogP contribution in [-0.4, -0.2) is 69.1 Å². The minimum atomic E-state index is -0.0913. The second kappa shape index (κ2) is 9.28. The van der Waals surface area contributed by atoms with Crippen LogP contribution in [0, 0.1) is 5.92 Å². The number of piperidine rings is 1. The zero-order chi connectivity index (χ0) is 20.1. The highest BCUT2D eigenvalue weighted by atomic mass is 16.5. The van der Waals surface area contributed by atoms with Crippen molar-refractivity contribution >= 4 is 17.6 Å². The van der Waals surface area contributed by atoms with Crippen LogP contribution in [0.25, 0.3) is 0 Å². The van der Waals surface area contributed by atoms with Gasteiger partial charge < -0.3 is 20.3 Å². The van der Waals surface area contributed by atoms with Gasteiger partial charge >= 0.3 is 6.03 Å². The summed E-state index contributed by atoms with van der Waals surface area (Å²) in [5.41, 5.74) is 3.35. The molecule has 7 heteroatoms. The molecule has 0 spiro atoms. The number of methoxy groups -OCH3 is 1. The van der Waals surface area contributed by atoms with Gasteiger partial charge in [0, 0.05) is 20.6 Å². The largest absolute Gasteiger partial charge is 0.495 e. The number of aryl methyl sites for hydroxylation is 1. The molecule has 1 heterocycles. The summed E-state index contributed by atoms with van der Waals surface area (Å²) < 4.78 is 5.48. The number of likely N-dealkylation sites (tertiary alicyclic amines) is 1. The van der Waals surface area contributed by atoms with E-state index in [0.717, 1.165) is 63.2 Å². The van der Waals surface area contributed by atoms with E-state index in [4.69, 9.17) is 4.74 Å². The van der Waals surface area contributed by atoms with Crippen molar-refractivity contribution in [1.29, 1.82) is 0 Å². The maximum absolute atomic E-state index is 12.8. The SMILES string of the molecule is CNC(=O)CN1CCC(CN(C)C(=O)Nc2c(OC)ccc3c2CCC3)CC1. The molecular weight excluding hydrogens is 356 g/mol. The number of rotatable bonds is 6. The average Bonchev–Trinajstić information content (AvgIpc) is 3.18. The molecule has 2 aliphatic rings. The Labute approximate surface area is 167 Å². The van der Waals surface area contributed by atoms with Crippen LogP contribution in [0.2, 0.25) is 0 Å². The fourth-order valence-corrected chi connectivity index (χ4v) is 4.23. The van der Waals surface area contributed by atoms with Crippen molar-refractivity contribution in [2.24, 2.45) is 5.92 Å². The van der Waals surface area contributed by atoms with Crippen molar-refractivity contribution in [2.75, 3.05) is 52.7 Å². The number of hydrogen-bond donors (Lipinski definition) is 2. The van der Waals surface area contributed by atoms with Crippen molar-refractivity contribution in [3.05, 3.63) is 23.3 Å². The number of amides is 3. The zero-order valence-corrected chi connectivity index (χ0v) is 17.2. The number of nitrogens with zero attached hydrogens (tertiary/aromatic N) is 2. The summed E-state index contributed by atoms with van der Waals surface area (Å²) in [4.78, 5) is 28.3. The molecule has 0 unspecified atom stereocenters. The molecular formula is C21H32N4O3. The maximum atomic E-state index is 12.8. The lowest BCUT2D eigenvalue weighted by atomic mass is 9.96. The van der Waals surface area contributed by atoms with E-state index in [-0.39, 0.29) is 11.9 Å². The predicted octanol–water partition coefficient (Wildman–Crippen LogP) is 2.11. The lowest BCUT2D eigenvalue weighted by Crippen LogP contribution is -2.43. The average molecular weight is 389 g/mol. The smallest absolute Gasteiger partial charge is 0.321 e. The van der Waals surface area contributed by atoms with Crippen LogP contribution in [0.3, 0.4) is 0 Å². The van der Waals surface area contributed by atoms with Crippen LogP contribution in [-0.2, 0) is 17.6 Å². The molecule has 0 aromatic heterocycles. The first-order valence-corrected chi connectivity index (χ1v) is 10.2. The van der Waals surface area contributed by atoms with Gasteiger partial charge in [0.25, 0.3) is 0 Å². The summed E-state index contributed by atoms with van der Waals surface area (Å²) in [5.74, 6) is 1.24. The molecule has 1 aliphatic heterocycles. The molecule has 3 amide bonds. The Morgan fingerprint density at radius 3 is 2.68 bits per heavy atom. The summed E-state index contributed by atoms with van der Waals surface area (Å²) in [7, 11) is 5.16. The number of urea groups is 1. The van der Waals surface area contributed by atoms with Crippen LogP contribution < -0.4 is 15.4 Å². The number of ether oxygens (including phenoxy) is 1. The first-order chi connectivity index (χ1) is 13.5. The van der Waals surface area contributed by atoms with Crippen molar-refractivity contribution < 1.29 is 14.3 Å². The second-order valence-corrected chi connectivity index (χ2v) is 7.84. The highest BCUT2D eigenvalue weighted by Crippen LogP contribution is 2.36. The van der Waals surface area contributed by atoms with E-state index < -0.39 is 0 Å². The van der Waals surface area contributed by atoms with Gasteiger partial charge in [-0.2, -0.15) is 0 Å². The van der Waals surface area contributed by atoms with Gasteiger partial charge in [-0.3, -0.25) is 9.69 Å². The third-order valence-corrected chi connectivity index (χ3v) is 5.93. The summed E-state index contributed by atoms with van der Waals surface area (Å²) in [6.07, 6.45) is 5.16. The number of carbonyl (C=O) groups is 2. The summed E-state index contributed by atoms with van der Waals surface area (Å²) in [6.45, 7) is 2.97. The topological polar surface area (TPSA) is 73.9 Å². The third-order valence-electron chi connectivity index (χ3n) is 5.93. The molecule has 0 bridgehead atoms. The van der Waals surface area contributed by atoms with Crippen LogP contribution in [0.4, 0.5) is 10.5 Å². The van der Waals surface area contributed by atoms with Crippen molar-refractivity contribution in [2.45, 2.75) is 32.1 Å². The fourth-order valence-electron chi connectivity index (χ4n) is 4.23. The highest BCUT2D eigenvalue weighted by molar-refractivity contribution is 5.92. The third kappa shape index (κ3) is 4.76. The Kier molecular flexibility index (Phi) is 6.78. The molecule has 1 aliphatic carbocycles. The molecule has 154 valence electrons. The number of nitrogens with one attached hydrogen (secondary N) is 2. The summed E-state index contributed by atoms with van der Waals surface area (Å²) in [6, 6.07) is 3.96. The van der Waals surface area contributed by atoms with Crippen molar-refractivity contribution in [3.8, 4) is 5.75 Å². The Balaban J connectivity index is 1.54. The molecule has 3 rings (SSSR count). The van der Waals surface area contributed by atoms with Crippen LogP contribution >= 0.6 is 0 Å². The lowest BCUT2D eigenvalue weighted by molar-refractivity contribution is -0.122. The molecule has 7 nitrogen and oxygen atoms in total. The molecule has 28 heavy (non-hydrogen) atoms. The van der Waals surface area contributed by atoms with Gasteiger partial charge in [-0.25, -0.2) is 4.79 Å².